The van der Waals surface area contributed by atoms with Crippen LogP contribution < -0.4 is 15.2 Å². The fraction of sp³-hybridized carbons (Fsp3) is 0.182. The molecule has 1 aliphatic heterocycles. The van der Waals surface area contributed by atoms with Gasteiger partial charge in [0.25, 0.3) is 0 Å². The molecule has 0 saturated heterocycles. The quantitative estimate of drug-likeness (QED) is 0.757. The van der Waals surface area contributed by atoms with E-state index in [9.17, 15) is 5.26 Å². The third kappa shape index (κ3) is 2.78. The van der Waals surface area contributed by atoms with Crippen LogP contribution in [0.15, 0.2) is 60.0 Å². The highest BCUT2D eigenvalue weighted by molar-refractivity contribution is 5.57. The van der Waals surface area contributed by atoms with Crippen molar-refractivity contribution in [2.75, 3.05) is 7.11 Å². The van der Waals surface area contributed by atoms with Crippen molar-refractivity contribution in [1.29, 1.82) is 5.26 Å². The lowest BCUT2D eigenvalue weighted by molar-refractivity contribution is 0.367. The minimum atomic E-state index is -0.318. The van der Waals surface area contributed by atoms with E-state index in [1.54, 1.807) is 11.8 Å². The first kappa shape index (κ1) is 17.7. The van der Waals surface area contributed by atoms with Crippen LogP contribution in [0.4, 0.5) is 0 Å². The van der Waals surface area contributed by atoms with Gasteiger partial charge < -0.3 is 15.2 Å². The molecule has 1 aromatic heterocycles. The first-order chi connectivity index (χ1) is 13.5. The van der Waals surface area contributed by atoms with E-state index in [1.807, 2.05) is 62.4 Å². The maximum atomic E-state index is 9.74. The molecule has 0 radical (unpaired) electrons. The number of aryl methyl sites for hydroxylation is 2. The molecule has 0 fully saturated rings. The Morgan fingerprint density at radius 3 is 2.39 bits per heavy atom. The van der Waals surface area contributed by atoms with Gasteiger partial charge in [-0.25, -0.2) is 4.68 Å². The number of hydrogen-bond acceptors (Lipinski definition) is 5. The molecule has 140 valence electrons. The number of methoxy groups -OCH3 is 1. The number of benzene rings is 2. The van der Waals surface area contributed by atoms with Crippen molar-refractivity contribution in [2.24, 2.45) is 5.73 Å². The number of ether oxygens (including phenoxy) is 2. The summed E-state index contributed by atoms with van der Waals surface area (Å²) in [6, 6.07) is 17.8. The Hall–Kier alpha value is -3.72. The van der Waals surface area contributed by atoms with E-state index in [4.69, 9.17) is 15.2 Å². The van der Waals surface area contributed by atoms with Crippen molar-refractivity contribution in [2.45, 2.75) is 19.8 Å². The summed E-state index contributed by atoms with van der Waals surface area (Å²) < 4.78 is 12.8. The van der Waals surface area contributed by atoms with E-state index in [1.165, 1.54) is 0 Å². The van der Waals surface area contributed by atoms with Crippen LogP contribution in [0.2, 0.25) is 0 Å². The number of nitriles is 1. The minimum absolute atomic E-state index is 0.107. The zero-order valence-electron chi connectivity index (χ0n) is 15.9. The molecule has 0 spiro atoms. The van der Waals surface area contributed by atoms with Crippen LogP contribution in [0.1, 0.15) is 28.3 Å². The summed E-state index contributed by atoms with van der Waals surface area (Å²) >= 11 is 0. The third-order valence-corrected chi connectivity index (χ3v) is 4.96. The second-order valence-corrected chi connectivity index (χ2v) is 6.75. The second-order valence-electron chi connectivity index (χ2n) is 6.75. The monoisotopic (exact) mass is 372 g/mol. The first-order valence-electron chi connectivity index (χ1n) is 8.91. The molecule has 0 saturated carbocycles. The summed E-state index contributed by atoms with van der Waals surface area (Å²) in [5.41, 5.74) is 11.1. The molecule has 3 aromatic rings. The van der Waals surface area contributed by atoms with Crippen LogP contribution in [0, 0.1) is 25.2 Å². The molecule has 6 heteroatoms. The topological polar surface area (TPSA) is 86.1 Å². The maximum Gasteiger partial charge on any atom is 0.229 e. The SMILES string of the molecule is COc1ccc(-n2nc(C)c3c2OC(N)=C(C#N)C3c2ccc(C)cc2)cc1. The van der Waals surface area contributed by atoms with Gasteiger partial charge in [-0.2, -0.15) is 10.4 Å². The number of nitrogens with two attached hydrogens (primary N) is 1. The van der Waals surface area contributed by atoms with E-state index in [-0.39, 0.29) is 11.8 Å². The molecule has 28 heavy (non-hydrogen) atoms. The van der Waals surface area contributed by atoms with Gasteiger partial charge in [0.1, 0.15) is 17.4 Å². The highest BCUT2D eigenvalue weighted by Crippen LogP contribution is 2.44. The van der Waals surface area contributed by atoms with Crippen molar-refractivity contribution < 1.29 is 9.47 Å². The number of allylic oxidation sites excluding steroid dienone is 1. The van der Waals surface area contributed by atoms with E-state index < -0.39 is 0 Å². The minimum Gasteiger partial charge on any atom is -0.497 e. The molecule has 1 aliphatic rings. The molecule has 4 rings (SSSR count). The third-order valence-electron chi connectivity index (χ3n) is 4.96. The van der Waals surface area contributed by atoms with Crippen LogP contribution in [0.3, 0.4) is 0 Å². The zero-order valence-corrected chi connectivity index (χ0v) is 15.9. The molecule has 2 heterocycles. The summed E-state index contributed by atoms with van der Waals surface area (Å²) in [6.07, 6.45) is 0. The number of hydrogen-bond donors (Lipinski definition) is 1. The molecule has 1 atom stereocenters. The lowest BCUT2D eigenvalue weighted by atomic mass is 9.84. The smallest absolute Gasteiger partial charge is 0.229 e. The van der Waals surface area contributed by atoms with Crippen molar-refractivity contribution in [3.63, 3.8) is 0 Å². The number of nitrogens with zero attached hydrogens (tertiary/aromatic N) is 3. The van der Waals surface area contributed by atoms with Crippen molar-refractivity contribution >= 4 is 0 Å². The molecular formula is C22H20N4O2. The molecule has 0 aliphatic carbocycles. The second kappa shape index (κ2) is 6.78. The van der Waals surface area contributed by atoms with Gasteiger partial charge in [-0.1, -0.05) is 29.8 Å². The molecule has 6 nitrogen and oxygen atoms in total. The Bertz CT molecular complexity index is 1100. The lowest BCUT2D eigenvalue weighted by Crippen LogP contribution is -2.22. The zero-order chi connectivity index (χ0) is 19.8. The normalized spacial score (nSPS) is 15.6. The average Bonchev–Trinajstić information content (AvgIpc) is 3.03. The number of rotatable bonds is 3. The van der Waals surface area contributed by atoms with Crippen LogP contribution in [-0.4, -0.2) is 16.9 Å². The van der Waals surface area contributed by atoms with Gasteiger partial charge in [0.05, 0.1) is 30.0 Å². The highest BCUT2D eigenvalue weighted by atomic mass is 16.5. The Morgan fingerprint density at radius 1 is 1.11 bits per heavy atom. The number of fused-ring (bicyclic) bond motifs is 1. The van der Waals surface area contributed by atoms with Crippen LogP contribution in [0.25, 0.3) is 5.69 Å². The van der Waals surface area contributed by atoms with E-state index in [0.29, 0.717) is 11.5 Å². The van der Waals surface area contributed by atoms with E-state index in [2.05, 4.69) is 11.2 Å². The fourth-order valence-electron chi connectivity index (χ4n) is 3.50. The molecule has 2 N–H and O–H groups in total. The van der Waals surface area contributed by atoms with Gasteiger partial charge in [0.15, 0.2) is 0 Å². The molecule has 2 aromatic carbocycles. The van der Waals surface area contributed by atoms with Gasteiger partial charge in [0.2, 0.25) is 11.8 Å². The van der Waals surface area contributed by atoms with Gasteiger partial charge in [-0.3, -0.25) is 0 Å². The Kier molecular flexibility index (Phi) is 4.28. The molecule has 1 unspecified atom stereocenters. The summed E-state index contributed by atoms with van der Waals surface area (Å²) in [7, 11) is 1.62. The highest BCUT2D eigenvalue weighted by Gasteiger charge is 2.36. The van der Waals surface area contributed by atoms with E-state index >= 15 is 0 Å². The van der Waals surface area contributed by atoms with Crippen molar-refractivity contribution in [3.8, 4) is 23.4 Å². The number of aromatic nitrogens is 2. The largest absolute Gasteiger partial charge is 0.497 e. The Morgan fingerprint density at radius 2 is 1.79 bits per heavy atom. The first-order valence-corrected chi connectivity index (χ1v) is 8.91. The van der Waals surface area contributed by atoms with Gasteiger partial charge in [0, 0.05) is 0 Å². The van der Waals surface area contributed by atoms with Crippen LogP contribution in [0.5, 0.6) is 11.6 Å². The summed E-state index contributed by atoms with van der Waals surface area (Å²) in [5.74, 6) is 1.08. The van der Waals surface area contributed by atoms with Crippen molar-refractivity contribution in [3.05, 3.63) is 82.4 Å². The van der Waals surface area contributed by atoms with Gasteiger partial charge in [-0.15, -0.1) is 0 Å². The van der Waals surface area contributed by atoms with Crippen LogP contribution in [-0.2, 0) is 0 Å². The standard InChI is InChI=1S/C22H20N4O2/c1-13-4-6-15(7-5-13)20-18(12-23)21(24)28-22-19(20)14(2)25-26(22)16-8-10-17(27-3)11-9-16/h4-11,20H,24H2,1-3H3. The Balaban J connectivity index is 1.90. The molecular weight excluding hydrogens is 352 g/mol. The summed E-state index contributed by atoms with van der Waals surface area (Å²) in [6.45, 7) is 3.95. The van der Waals surface area contributed by atoms with Gasteiger partial charge >= 0.3 is 0 Å². The average molecular weight is 372 g/mol. The predicted octanol–water partition coefficient (Wildman–Crippen LogP) is 3.72. The maximum absolute atomic E-state index is 9.74. The predicted molar refractivity (Wildman–Crippen MR) is 105 cm³/mol. The molecule has 0 amide bonds. The van der Waals surface area contributed by atoms with E-state index in [0.717, 1.165) is 33.8 Å². The lowest BCUT2D eigenvalue weighted by Gasteiger charge is -2.25. The molecule has 0 bridgehead atoms. The fourth-order valence-corrected chi connectivity index (χ4v) is 3.50. The summed E-state index contributed by atoms with van der Waals surface area (Å²) in [5, 5.41) is 14.4. The van der Waals surface area contributed by atoms with Crippen LogP contribution >= 0.6 is 0 Å². The van der Waals surface area contributed by atoms with Gasteiger partial charge in [-0.05, 0) is 43.7 Å². The van der Waals surface area contributed by atoms with Crippen molar-refractivity contribution in [1.82, 2.24) is 9.78 Å². The summed E-state index contributed by atoms with van der Waals surface area (Å²) in [4.78, 5) is 0. The Labute approximate surface area is 163 Å².